The van der Waals surface area contributed by atoms with Crippen LogP contribution in [0.25, 0.3) is 0 Å². The Bertz CT molecular complexity index is 872. The van der Waals surface area contributed by atoms with Gasteiger partial charge in [-0.3, -0.25) is 14.5 Å². The van der Waals surface area contributed by atoms with E-state index < -0.39 is 0 Å². The van der Waals surface area contributed by atoms with E-state index in [9.17, 15) is 9.59 Å². The number of nitrogens with one attached hydrogen (secondary N) is 1. The van der Waals surface area contributed by atoms with E-state index in [2.05, 4.69) is 18.3 Å². The van der Waals surface area contributed by atoms with E-state index in [-0.39, 0.29) is 24.4 Å². The molecule has 4 rings (SSSR count). The van der Waals surface area contributed by atoms with Crippen LogP contribution in [-0.4, -0.2) is 47.8 Å². The van der Waals surface area contributed by atoms with Crippen molar-refractivity contribution >= 4 is 17.5 Å². The van der Waals surface area contributed by atoms with Crippen LogP contribution in [0.2, 0.25) is 0 Å². The Balaban J connectivity index is 1.51. The molecular formula is C24H29N3O2. The van der Waals surface area contributed by atoms with Crippen LogP contribution in [0, 0.1) is 0 Å². The molecule has 2 heterocycles. The monoisotopic (exact) mass is 391 g/mol. The van der Waals surface area contributed by atoms with Crippen molar-refractivity contribution in [2.75, 3.05) is 31.5 Å². The van der Waals surface area contributed by atoms with Gasteiger partial charge in [0.15, 0.2) is 0 Å². The second kappa shape index (κ2) is 8.78. The van der Waals surface area contributed by atoms with Crippen molar-refractivity contribution < 1.29 is 9.59 Å². The zero-order chi connectivity index (χ0) is 20.2. The molecule has 5 nitrogen and oxygen atoms in total. The number of carbonyl (C=O) groups excluding carboxylic acids is 2. The second-order valence-corrected chi connectivity index (χ2v) is 7.95. The van der Waals surface area contributed by atoms with Gasteiger partial charge in [-0.05, 0) is 54.5 Å². The molecule has 1 saturated heterocycles. The minimum absolute atomic E-state index is 0.0761. The summed E-state index contributed by atoms with van der Waals surface area (Å²) in [5.41, 5.74) is 4.31. The van der Waals surface area contributed by atoms with Crippen LogP contribution >= 0.6 is 0 Å². The maximum atomic E-state index is 13.3. The maximum absolute atomic E-state index is 13.3. The van der Waals surface area contributed by atoms with E-state index in [4.69, 9.17) is 0 Å². The third-order valence-electron chi connectivity index (χ3n) is 6.03. The van der Waals surface area contributed by atoms with Gasteiger partial charge in [-0.25, -0.2) is 0 Å². The van der Waals surface area contributed by atoms with E-state index in [1.165, 1.54) is 11.1 Å². The molecule has 2 aromatic rings. The fourth-order valence-electron chi connectivity index (χ4n) is 4.40. The molecule has 1 atom stereocenters. The number of nitrogens with zero attached hydrogens (tertiary/aromatic N) is 2. The predicted octanol–water partition coefficient (Wildman–Crippen LogP) is 3.41. The van der Waals surface area contributed by atoms with E-state index >= 15 is 0 Å². The van der Waals surface area contributed by atoms with E-state index in [1.54, 1.807) is 0 Å². The first kappa shape index (κ1) is 19.6. The molecule has 29 heavy (non-hydrogen) atoms. The molecule has 0 bridgehead atoms. The molecule has 0 aromatic heterocycles. The lowest BCUT2D eigenvalue weighted by Gasteiger charge is -2.37. The number of hydrogen-bond donors (Lipinski definition) is 1. The average molecular weight is 392 g/mol. The van der Waals surface area contributed by atoms with Gasteiger partial charge in [-0.15, -0.1) is 0 Å². The fraction of sp³-hybridized carbons (Fsp3) is 0.417. The summed E-state index contributed by atoms with van der Waals surface area (Å²) in [6.07, 6.45) is 3.96. The highest BCUT2D eigenvalue weighted by atomic mass is 16.2. The third-order valence-corrected chi connectivity index (χ3v) is 6.03. The molecule has 2 aliphatic heterocycles. The lowest BCUT2D eigenvalue weighted by molar-refractivity contribution is -0.137. The number of carbonyl (C=O) groups is 2. The van der Waals surface area contributed by atoms with Crippen molar-refractivity contribution in [2.45, 2.75) is 38.6 Å². The van der Waals surface area contributed by atoms with E-state index in [0.29, 0.717) is 6.54 Å². The zero-order valence-corrected chi connectivity index (χ0v) is 17.1. The Labute approximate surface area is 172 Å². The minimum Gasteiger partial charge on any atom is -0.341 e. The number of likely N-dealkylation sites (tertiary alicyclic amines) is 1. The Morgan fingerprint density at radius 1 is 1.00 bits per heavy atom. The van der Waals surface area contributed by atoms with Crippen LogP contribution in [0.4, 0.5) is 5.69 Å². The number of anilines is 1. The first-order valence-electron chi connectivity index (χ1n) is 10.6. The normalized spacial score (nSPS) is 19.1. The molecule has 152 valence electrons. The van der Waals surface area contributed by atoms with E-state index in [1.807, 2.05) is 52.3 Å². The summed E-state index contributed by atoms with van der Waals surface area (Å²) in [6.45, 7) is 4.68. The van der Waals surface area contributed by atoms with Crippen molar-refractivity contribution in [3.8, 4) is 0 Å². The number of rotatable bonds is 5. The predicted molar refractivity (Wildman–Crippen MR) is 115 cm³/mol. The number of hydrogen-bond acceptors (Lipinski definition) is 3. The van der Waals surface area contributed by atoms with E-state index in [0.717, 1.165) is 50.0 Å². The first-order chi connectivity index (χ1) is 14.2. The Morgan fingerprint density at radius 3 is 2.45 bits per heavy atom. The molecule has 1 fully saturated rings. The number of benzene rings is 2. The second-order valence-electron chi connectivity index (χ2n) is 7.95. The standard InChI is InChI=1S/C24H29N3O2/c1-2-18-9-11-20(12-10-18)25-22(28)17-27-16-13-19-7-3-4-8-21(19)23(27)24(29)26-14-5-6-15-26/h3-4,7-12,23H,2,5-6,13-17H2,1H3,(H,25,28)/t23-/m1/s1. The van der Waals surface area contributed by atoms with Gasteiger partial charge in [0.05, 0.1) is 6.54 Å². The average Bonchev–Trinajstić information content (AvgIpc) is 3.28. The summed E-state index contributed by atoms with van der Waals surface area (Å²) < 4.78 is 0. The summed E-state index contributed by atoms with van der Waals surface area (Å²) in [7, 11) is 0. The van der Waals surface area contributed by atoms with Gasteiger partial charge < -0.3 is 10.2 Å². The van der Waals surface area contributed by atoms with Crippen LogP contribution < -0.4 is 5.32 Å². The maximum Gasteiger partial charge on any atom is 0.244 e. The lowest BCUT2D eigenvalue weighted by atomic mass is 9.91. The van der Waals surface area contributed by atoms with Crippen molar-refractivity contribution in [2.24, 2.45) is 0 Å². The molecule has 0 radical (unpaired) electrons. The summed E-state index contributed by atoms with van der Waals surface area (Å²) >= 11 is 0. The van der Waals surface area contributed by atoms with Gasteiger partial charge >= 0.3 is 0 Å². The SMILES string of the molecule is CCc1ccc(NC(=O)CN2CCc3ccccc3[C@@H]2C(=O)N2CCCC2)cc1. The van der Waals surface area contributed by atoms with Crippen LogP contribution in [0.5, 0.6) is 0 Å². The molecule has 0 unspecified atom stereocenters. The molecular weight excluding hydrogens is 362 g/mol. The van der Waals surface area contributed by atoms with Crippen LogP contribution in [0.15, 0.2) is 48.5 Å². The Hall–Kier alpha value is -2.66. The van der Waals surface area contributed by atoms with Crippen LogP contribution in [0.1, 0.15) is 42.5 Å². The van der Waals surface area contributed by atoms with Gasteiger partial charge in [-0.2, -0.15) is 0 Å². The molecule has 1 N–H and O–H groups in total. The Kier molecular flexibility index (Phi) is 5.95. The highest BCUT2D eigenvalue weighted by Gasteiger charge is 2.37. The van der Waals surface area contributed by atoms with Crippen molar-refractivity contribution in [3.05, 3.63) is 65.2 Å². The summed E-state index contributed by atoms with van der Waals surface area (Å²) in [5, 5.41) is 2.99. The summed E-state index contributed by atoms with van der Waals surface area (Å²) in [4.78, 5) is 30.1. The van der Waals surface area contributed by atoms with Gasteiger partial charge in [0.2, 0.25) is 11.8 Å². The van der Waals surface area contributed by atoms with Gasteiger partial charge in [0, 0.05) is 25.3 Å². The molecule has 0 saturated carbocycles. The molecule has 5 heteroatoms. The van der Waals surface area contributed by atoms with Gasteiger partial charge in [0.1, 0.15) is 6.04 Å². The first-order valence-corrected chi connectivity index (χ1v) is 10.6. The zero-order valence-electron chi connectivity index (χ0n) is 17.1. The van der Waals surface area contributed by atoms with Crippen molar-refractivity contribution in [1.82, 2.24) is 9.80 Å². The van der Waals surface area contributed by atoms with Crippen molar-refractivity contribution in [1.29, 1.82) is 0 Å². The summed E-state index contributed by atoms with van der Waals surface area (Å²) in [6, 6.07) is 15.7. The van der Waals surface area contributed by atoms with Crippen LogP contribution in [0.3, 0.4) is 0 Å². The van der Waals surface area contributed by atoms with Crippen molar-refractivity contribution in [3.63, 3.8) is 0 Å². The molecule has 0 aliphatic carbocycles. The molecule has 0 spiro atoms. The fourth-order valence-corrected chi connectivity index (χ4v) is 4.40. The molecule has 2 aliphatic rings. The number of aryl methyl sites for hydroxylation is 1. The molecule has 2 amide bonds. The highest BCUT2D eigenvalue weighted by Crippen LogP contribution is 2.32. The topological polar surface area (TPSA) is 52.7 Å². The summed E-state index contributed by atoms with van der Waals surface area (Å²) in [5.74, 6) is 0.0580. The Morgan fingerprint density at radius 2 is 1.72 bits per heavy atom. The number of amides is 2. The van der Waals surface area contributed by atoms with Crippen LogP contribution in [-0.2, 0) is 22.4 Å². The number of fused-ring (bicyclic) bond motifs is 1. The third kappa shape index (κ3) is 4.35. The highest BCUT2D eigenvalue weighted by molar-refractivity contribution is 5.93. The van der Waals surface area contributed by atoms with Gasteiger partial charge in [0.25, 0.3) is 0 Å². The molecule has 2 aromatic carbocycles. The lowest BCUT2D eigenvalue weighted by Crippen LogP contribution is -2.47. The largest absolute Gasteiger partial charge is 0.341 e. The smallest absolute Gasteiger partial charge is 0.244 e. The van der Waals surface area contributed by atoms with Gasteiger partial charge in [-0.1, -0.05) is 43.3 Å². The minimum atomic E-state index is -0.369. The quantitative estimate of drug-likeness (QED) is 0.850.